The molecule has 1 heterocycles. The lowest BCUT2D eigenvalue weighted by atomic mass is 10.2. The number of rotatable bonds is 5. The highest BCUT2D eigenvalue weighted by molar-refractivity contribution is 7.99. The second kappa shape index (κ2) is 7.42. The van der Waals surface area contributed by atoms with Crippen molar-refractivity contribution < 1.29 is 14.7 Å². The van der Waals surface area contributed by atoms with E-state index in [1.54, 1.807) is 6.92 Å². The number of carbonyl (C=O) groups is 2. The van der Waals surface area contributed by atoms with E-state index in [0.717, 1.165) is 6.42 Å². The van der Waals surface area contributed by atoms with Crippen LogP contribution in [0.2, 0.25) is 0 Å². The Bertz CT molecular complexity index is 267. The van der Waals surface area contributed by atoms with Crippen LogP contribution in [0.1, 0.15) is 32.6 Å². The Morgan fingerprint density at radius 3 is 2.82 bits per heavy atom. The molecule has 0 bridgehead atoms. The van der Waals surface area contributed by atoms with Crippen molar-refractivity contribution in [3.05, 3.63) is 0 Å². The van der Waals surface area contributed by atoms with E-state index in [9.17, 15) is 9.59 Å². The van der Waals surface area contributed by atoms with Crippen molar-refractivity contribution in [2.75, 3.05) is 12.3 Å². The number of urea groups is 1. The van der Waals surface area contributed by atoms with Crippen LogP contribution in [0.25, 0.3) is 0 Å². The first-order chi connectivity index (χ1) is 8.08. The minimum Gasteiger partial charge on any atom is -0.481 e. The second-order valence-corrected chi connectivity index (χ2v) is 5.75. The molecule has 3 N–H and O–H groups in total. The molecule has 0 aliphatic carbocycles. The second-order valence-electron chi connectivity index (χ2n) is 4.34. The summed E-state index contributed by atoms with van der Waals surface area (Å²) in [6.07, 6.45) is 3.60. The van der Waals surface area contributed by atoms with Gasteiger partial charge in [0.2, 0.25) is 0 Å². The zero-order chi connectivity index (χ0) is 12.7. The zero-order valence-electron chi connectivity index (χ0n) is 10.1. The summed E-state index contributed by atoms with van der Waals surface area (Å²) in [4.78, 5) is 21.9. The van der Waals surface area contributed by atoms with Gasteiger partial charge in [0.25, 0.3) is 0 Å². The Hall–Kier alpha value is -0.910. The van der Waals surface area contributed by atoms with Gasteiger partial charge in [0.1, 0.15) is 0 Å². The molecule has 0 radical (unpaired) electrons. The third-order valence-corrected chi connectivity index (χ3v) is 4.02. The van der Waals surface area contributed by atoms with Gasteiger partial charge >= 0.3 is 12.0 Å². The number of carboxylic acid groups (broad SMARTS) is 1. The van der Waals surface area contributed by atoms with Crippen LogP contribution in [0, 0.1) is 0 Å². The molecule has 1 aliphatic heterocycles. The maximum atomic E-state index is 11.5. The smallest absolute Gasteiger partial charge is 0.315 e. The van der Waals surface area contributed by atoms with Crippen LogP contribution in [-0.4, -0.2) is 40.7 Å². The van der Waals surface area contributed by atoms with Gasteiger partial charge < -0.3 is 15.7 Å². The lowest BCUT2D eigenvalue weighted by molar-refractivity contribution is -0.137. The highest BCUT2D eigenvalue weighted by atomic mass is 32.2. The molecule has 0 saturated carbocycles. The van der Waals surface area contributed by atoms with Crippen molar-refractivity contribution in [2.45, 2.75) is 43.9 Å². The van der Waals surface area contributed by atoms with Gasteiger partial charge in [-0.2, -0.15) is 11.8 Å². The molecule has 1 saturated heterocycles. The molecule has 2 unspecified atom stereocenters. The van der Waals surface area contributed by atoms with Gasteiger partial charge in [0.15, 0.2) is 0 Å². The highest BCUT2D eigenvalue weighted by Gasteiger charge is 2.15. The maximum Gasteiger partial charge on any atom is 0.315 e. The molecule has 5 nitrogen and oxygen atoms in total. The van der Waals surface area contributed by atoms with E-state index in [0.29, 0.717) is 11.8 Å². The molecule has 0 spiro atoms. The largest absolute Gasteiger partial charge is 0.481 e. The average Bonchev–Trinajstić information content (AvgIpc) is 2.26. The first kappa shape index (κ1) is 14.2. The molecule has 2 atom stereocenters. The van der Waals surface area contributed by atoms with Crippen LogP contribution in [0.15, 0.2) is 0 Å². The fraction of sp³-hybridized carbons (Fsp3) is 0.818. The lowest BCUT2D eigenvalue weighted by Crippen LogP contribution is -2.44. The number of amides is 2. The quantitative estimate of drug-likeness (QED) is 0.699. The van der Waals surface area contributed by atoms with Crippen molar-refractivity contribution >= 4 is 23.8 Å². The van der Waals surface area contributed by atoms with E-state index in [-0.39, 0.29) is 18.5 Å². The molecule has 6 heteroatoms. The number of nitrogens with one attached hydrogen (secondary N) is 2. The number of hydrogen-bond acceptors (Lipinski definition) is 3. The third kappa shape index (κ3) is 6.41. The molecule has 1 rings (SSSR count). The van der Waals surface area contributed by atoms with E-state index >= 15 is 0 Å². The molecule has 1 fully saturated rings. The van der Waals surface area contributed by atoms with E-state index in [1.807, 2.05) is 11.8 Å². The van der Waals surface area contributed by atoms with Gasteiger partial charge in [-0.15, -0.1) is 0 Å². The predicted octanol–water partition coefficient (Wildman–Crippen LogP) is 1.43. The first-order valence-corrected chi connectivity index (χ1v) is 7.00. The summed E-state index contributed by atoms with van der Waals surface area (Å²) >= 11 is 1.90. The number of carbonyl (C=O) groups excluding carboxylic acids is 1. The van der Waals surface area contributed by atoms with Gasteiger partial charge in [0, 0.05) is 17.8 Å². The first-order valence-electron chi connectivity index (χ1n) is 5.95. The van der Waals surface area contributed by atoms with Gasteiger partial charge in [-0.25, -0.2) is 4.79 Å². The average molecular weight is 260 g/mol. The van der Waals surface area contributed by atoms with Gasteiger partial charge in [-0.1, -0.05) is 6.42 Å². The summed E-state index contributed by atoms with van der Waals surface area (Å²) in [5, 5.41) is 14.5. The minimum absolute atomic E-state index is 0.0500. The Kier molecular flexibility index (Phi) is 6.18. The predicted molar refractivity (Wildman–Crippen MR) is 68.3 cm³/mol. The molecular weight excluding hydrogens is 240 g/mol. The Morgan fingerprint density at radius 1 is 1.47 bits per heavy atom. The molecular formula is C11H20N2O3S. The van der Waals surface area contributed by atoms with Gasteiger partial charge in [0.05, 0.1) is 6.42 Å². The Labute approximate surface area is 106 Å². The van der Waals surface area contributed by atoms with Gasteiger partial charge in [-0.3, -0.25) is 4.79 Å². The summed E-state index contributed by atoms with van der Waals surface area (Å²) in [5.41, 5.74) is 0. The normalized spacial score (nSPS) is 21.6. The minimum atomic E-state index is -0.902. The zero-order valence-corrected chi connectivity index (χ0v) is 10.9. The summed E-state index contributed by atoms with van der Waals surface area (Å²) in [6, 6.07) is -0.614. The van der Waals surface area contributed by atoms with Crippen molar-refractivity contribution in [2.24, 2.45) is 0 Å². The fourth-order valence-electron chi connectivity index (χ4n) is 1.76. The van der Waals surface area contributed by atoms with E-state index in [4.69, 9.17) is 5.11 Å². The lowest BCUT2D eigenvalue weighted by Gasteiger charge is -2.22. The number of hydrogen-bond donors (Lipinski definition) is 3. The van der Waals surface area contributed by atoms with Crippen LogP contribution >= 0.6 is 11.8 Å². The summed E-state index contributed by atoms with van der Waals surface area (Å²) in [6.45, 7) is 2.35. The van der Waals surface area contributed by atoms with E-state index in [2.05, 4.69) is 10.6 Å². The number of carboxylic acids is 1. The van der Waals surface area contributed by atoms with Crippen molar-refractivity contribution in [1.82, 2.24) is 10.6 Å². The summed E-state index contributed by atoms with van der Waals surface area (Å²) in [5.74, 6) is 0.268. The fourth-order valence-corrected chi connectivity index (χ4v) is 3.00. The van der Waals surface area contributed by atoms with Crippen molar-refractivity contribution in [1.29, 1.82) is 0 Å². The van der Waals surface area contributed by atoms with Crippen LogP contribution < -0.4 is 10.6 Å². The van der Waals surface area contributed by atoms with Crippen LogP contribution in [0.5, 0.6) is 0 Å². The van der Waals surface area contributed by atoms with Crippen molar-refractivity contribution in [3.8, 4) is 0 Å². The Morgan fingerprint density at radius 2 is 2.24 bits per heavy atom. The maximum absolute atomic E-state index is 11.5. The monoisotopic (exact) mass is 260 g/mol. The van der Waals surface area contributed by atoms with Crippen LogP contribution in [0.4, 0.5) is 4.79 Å². The SMILES string of the molecule is CC(CC(=O)O)NC(=O)NCC1CCCCS1. The Balaban J connectivity index is 2.13. The van der Waals surface area contributed by atoms with E-state index < -0.39 is 5.97 Å². The summed E-state index contributed by atoms with van der Waals surface area (Å²) in [7, 11) is 0. The molecule has 0 aromatic rings. The number of aliphatic carboxylic acids is 1. The molecule has 0 aromatic heterocycles. The summed E-state index contributed by atoms with van der Waals surface area (Å²) < 4.78 is 0. The molecule has 0 aromatic carbocycles. The van der Waals surface area contributed by atoms with Crippen LogP contribution in [-0.2, 0) is 4.79 Å². The van der Waals surface area contributed by atoms with Crippen molar-refractivity contribution in [3.63, 3.8) is 0 Å². The molecule has 2 amide bonds. The third-order valence-electron chi connectivity index (χ3n) is 2.62. The molecule has 98 valence electrons. The van der Waals surface area contributed by atoms with Gasteiger partial charge in [-0.05, 0) is 25.5 Å². The highest BCUT2D eigenvalue weighted by Crippen LogP contribution is 2.24. The van der Waals surface area contributed by atoms with E-state index in [1.165, 1.54) is 18.6 Å². The molecule has 17 heavy (non-hydrogen) atoms. The molecule has 1 aliphatic rings. The topological polar surface area (TPSA) is 78.4 Å². The number of thioether (sulfide) groups is 1. The van der Waals surface area contributed by atoms with Crippen LogP contribution in [0.3, 0.4) is 0 Å². The standard InChI is InChI=1S/C11H20N2O3S/c1-8(6-10(14)15)13-11(16)12-7-9-4-2-3-5-17-9/h8-9H,2-7H2,1H3,(H,14,15)(H2,12,13,16).